The lowest BCUT2D eigenvalue weighted by Gasteiger charge is -2.03. The van der Waals surface area contributed by atoms with Crippen molar-refractivity contribution in [2.24, 2.45) is 0 Å². The van der Waals surface area contributed by atoms with Crippen molar-refractivity contribution < 1.29 is 14.3 Å². The van der Waals surface area contributed by atoms with Crippen LogP contribution in [0.3, 0.4) is 0 Å². The van der Waals surface area contributed by atoms with Crippen molar-refractivity contribution >= 4 is 28.4 Å². The highest BCUT2D eigenvalue weighted by atomic mass is 16.5. The number of nitrogens with zero attached hydrogens (tertiary/aromatic N) is 1. The number of anilines is 1. The largest absolute Gasteiger partial charge is 0.497 e. The summed E-state index contributed by atoms with van der Waals surface area (Å²) in [6, 6.07) is 5.43. The van der Waals surface area contributed by atoms with Gasteiger partial charge in [0, 0.05) is 16.6 Å². The Kier molecular flexibility index (Phi) is 3.84. The number of aromatic amines is 2. The molecule has 0 aliphatic rings. The second-order valence-electron chi connectivity index (χ2n) is 5.62. The zero-order valence-electron chi connectivity index (χ0n) is 13.9. The molecule has 0 radical (unpaired) electrons. The van der Waals surface area contributed by atoms with Gasteiger partial charge in [0.1, 0.15) is 11.4 Å². The van der Waals surface area contributed by atoms with Gasteiger partial charge in [0.2, 0.25) is 0 Å². The zero-order chi connectivity index (χ0) is 17.4. The van der Waals surface area contributed by atoms with Gasteiger partial charge in [0.05, 0.1) is 12.6 Å². The summed E-state index contributed by atoms with van der Waals surface area (Å²) < 4.78 is 5.20. The van der Waals surface area contributed by atoms with Crippen LogP contribution < -0.4 is 10.1 Å². The number of amides is 1. The van der Waals surface area contributed by atoms with Crippen molar-refractivity contribution in [2.45, 2.75) is 20.8 Å². The van der Waals surface area contributed by atoms with Crippen LogP contribution in [0.1, 0.15) is 39.0 Å². The average molecular weight is 326 g/mol. The smallest absolute Gasteiger partial charge is 0.273 e. The van der Waals surface area contributed by atoms with Crippen molar-refractivity contribution in [1.82, 2.24) is 15.2 Å². The number of methoxy groups -OCH3 is 1. The number of ether oxygens (including phenoxy) is 1. The lowest BCUT2D eigenvalue weighted by Crippen LogP contribution is -2.14. The van der Waals surface area contributed by atoms with Gasteiger partial charge in [-0.05, 0) is 44.5 Å². The lowest BCUT2D eigenvalue weighted by atomic mass is 10.1. The van der Waals surface area contributed by atoms with E-state index in [1.807, 2.05) is 12.1 Å². The van der Waals surface area contributed by atoms with Crippen LogP contribution in [0, 0.1) is 13.8 Å². The number of hydrogen-bond donors (Lipinski definition) is 3. The number of aryl methyl sites for hydroxylation is 1. The minimum atomic E-state index is -0.348. The Morgan fingerprint density at radius 2 is 2.00 bits per heavy atom. The first-order chi connectivity index (χ1) is 11.4. The van der Waals surface area contributed by atoms with Crippen LogP contribution in [-0.2, 0) is 0 Å². The summed E-state index contributed by atoms with van der Waals surface area (Å²) in [4.78, 5) is 27.3. The number of carbonyl (C=O) groups excluding carboxylic acids is 2. The van der Waals surface area contributed by atoms with E-state index in [9.17, 15) is 9.59 Å². The maximum atomic E-state index is 12.6. The Hall–Kier alpha value is -3.09. The molecule has 7 heteroatoms. The zero-order valence-corrected chi connectivity index (χ0v) is 13.9. The third-order valence-electron chi connectivity index (χ3n) is 4.02. The highest BCUT2D eigenvalue weighted by molar-refractivity contribution is 6.10. The van der Waals surface area contributed by atoms with Crippen LogP contribution in [0.2, 0.25) is 0 Å². The van der Waals surface area contributed by atoms with Crippen molar-refractivity contribution in [2.75, 3.05) is 12.4 Å². The molecule has 0 aliphatic heterocycles. The van der Waals surface area contributed by atoms with Crippen molar-refractivity contribution in [3.63, 3.8) is 0 Å². The summed E-state index contributed by atoms with van der Waals surface area (Å²) in [6.45, 7) is 5.01. The molecule has 0 fully saturated rings. The van der Waals surface area contributed by atoms with Crippen LogP contribution in [0.4, 0.5) is 5.82 Å². The fourth-order valence-corrected chi connectivity index (χ4v) is 2.89. The minimum absolute atomic E-state index is 0.0738. The Balaban J connectivity index is 1.96. The molecule has 3 aromatic rings. The molecule has 2 aromatic heterocycles. The average Bonchev–Trinajstić information content (AvgIpc) is 3.07. The summed E-state index contributed by atoms with van der Waals surface area (Å²) >= 11 is 0. The van der Waals surface area contributed by atoms with E-state index < -0.39 is 0 Å². The first-order valence-corrected chi connectivity index (χ1v) is 7.46. The topological polar surface area (TPSA) is 99.9 Å². The maximum absolute atomic E-state index is 12.6. The van der Waals surface area contributed by atoms with Gasteiger partial charge in [-0.25, -0.2) is 0 Å². The van der Waals surface area contributed by atoms with E-state index in [-0.39, 0.29) is 11.7 Å². The number of carbonyl (C=O) groups is 2. The molecule has 0 bridgehead atoms. The maximum Gasteiger partial charge on any atom is 0.273 e. The van der Waals surface area contributed by atoms with Crippen LogP contribution in [-0.4, -0.2) is 34.0 Å². The fourth-order valence-electron chi connectivity index (χ4n) is 2.89. The minimum Gasteiger partial charge on any atom is -0.497 e. The molecule has 0 saturated carbocycles. The summed E-state index contributed by atoms with van der Waals surface area (Å²) in [5.41, 5.74) is 3.01. The molecular weight excluding hydrogens is 308 g/mol. The predicted molar refractivity (Wildman–Crippen MR) is 90.9 cm³/mol. The number of Topliss-reactive ketones (excluding diaryl/α,β-unsaturated/α-hetero) is 1. The molecule has 3 rings (SSSR count). The lowest BCUT2D eigenvalue weighted by molar-refractivity contribution is 0.101. The molecule has 124 valence electrons. The second kappa shape index (κ2) is 5.84. The normalized spacial score (nSPS) is 10.8. The molecule has 0 unspecified atom stereocenters. The van der Waals surface area contributed by atoms with E-state index >= 15 is 0 Å². The highest BCUT2D eigenvalue weighted by Gasteiger charge is 2.21. The van der Waals surface area contributed by atoms with Crippen LogP contribution in [0.5, 0.6) is 5.75 Å². The Labute approximate surface area is 138 Å². The quantitative estimate of drug-likeness (QED) is 0.642. The van der Waals surface area contributed by atoms with Gasteiger partial charge < -0.3 is 15.0 Å². The fraction of sp³-hybridized carbons (Fsp3) is 0.235. The summed E-state index contributed by atoms with van der Waals surface area (Å²) in [5, 5.41) is 10.5. The van der Waals surface area contributed by atoms with Gasteiger partial charge >= 0.3 is 0 Å². The molecule has 1 amide bonds. The molecule has 1 aromatic carbocycles. The van der Waals surface area contributed by atoms with E-state index in [1.165, 1.54) is 6.92 Å². The molecular formula is C17H18N4O3. The first-order valence-electron chi connectivity index (χ1n) is 7.46. The summed E-state index contributed by atoms with van der Waals surface area (Å²) in [6.07, 6.45) is 0. The standard InChI is InChI=1S/C17H18N4O3/c1-8-14(10(3)22)9(2)18-15(8)17(23)19-16-12-7-11(24-4)5-6-13(12)20-21-16/h5-7,18H,1-4H3,(H2,19,20,21,23). The Bertz CT molecular complexity index is 952. The monoisotopic (exact) mass is 326 g/mol. The molecule has 0 aliphatic carbocycles. The third kappa shape index (κ3) is 2.54. The van der Waals surface area contributed by atoms with Crippen molar-refractivity contribution in [3.05, 3.63) is 40.7 Å². The molecule has 7 nitrogen and oxygen atoms in total. The van der Waals surface area contributed by atoms with E-state index in [4.69, 9.17) is 4.74 Å². The Morgan fingerprint density at radius 3 is 2.62 bits per heavy atom. The van der Waals surface area contributed by atoms with Gasteiger partial charge in [-0.15, -0.1) is 0 Å². The molecule has 0 saturated heterocycles. The van der Waals surface area contributed by atoms with Gasteiger partial charge in [-0.3, -0.25) is 14.7 Å². The SMILES string of the molecule is COc1ccc2[nH]nc(NC(=O)c3[nH]c(C)c(C(C)=O)c3C)c2c1. The van der Waals surface area contributed by atoms with Gasteiger partial charge in [0.15, 0.2) is 11.6 Å². The van der Waals surface area contributed by atoms with E-state index in [0.29, 0.717) is 34.1 Å². The Morgan fingerprint density at radius 1 is 1.25 bits per heavy atom. The number of benzene rings is 1. The molecule has 24 heavy (non-hydrogen) atoms. The van der Waals surface area contributed by atoms with E-state index in [1.54, 1.807) is 27.0 Å². The number of ketones is 1. The number of hydrogen-bond acceptors (Lipinski definition) is 4. The van der Waals surface area contributed by atoms with Crippen molar-refractivity contribution in [3.8, 4) is 5.75 Å². The van der Waals surface area contributed by atoms with Gasteiger partial charge in [0.25, 0.3) is 5.91 Å². The number of rotatable bonds is 4. The van der Waals surface area contributed by atoms with E-state index in [0.717, 1.165) is 10.9 Å². The van der Waals surface area contributed by atoms with E-state index in [2.05, 4.69) is 20.5 Å². The number of H-pyrrole nitrogens is 2. The van der Waals surface area contributed by atoms with Crippen molar-refractivity contribution in [1.29, 1.82) is 0 Å². The molecule has 0 atom stereocenters. The van der Waals surface area contributed by atoms with Crippen LogP contribution in [0.15, 0.2) is 18.2 Å². The van der Waals surface area contributed by atoms with Crippen LogP contribution >= 0.6 is 0 Å². The number of nitrogens with one attached hydrogen (secondary N) is 3. The molecule has 3 N–H and O–H groups in total. The first kappa shape index (κ1) is 15.8. The molecule has 2 heterocycles. The van der Waals surface area contributed by atoms with Crippen LogP contribution in [0.25, 0.3) is 10.9 Å². The van der Waals surface area contributed by atoms with Gasteiger partial charge in [-0.2, -0.15) is 5.10 Å². The summed E-state index contributed by atoms with van der Waals surface area (Å²) in [5.74, 6) is 0.657. The second-order valence-corrected chi connectivity index (χ2v) is 5.62. The van der Waals surface area contributed by atoms with Gasteiger partial charge in [-0.1, -0.05) is 0 Å². The molecule has 0 spiro atoms. The number of fused-ring (bicyclic) bond motifs is 1. The predicted octanol–water partition coefficient (Wildman–Crippen LogP) is 2.97. The highest BCUT2D eigenvalue weighted by Crippen LogP contribution is 2.26. The number of aromatic nitrogens is 3. The third-order valence-corrected chi connectivity index (χ3v) is 4.02. The summed E-state index contributed by atoms with van der Waals surface area (Å²) in [7, 11) is 1.58.